The van der Waals surface area contributed by atoms with Gasteiger partial charge in [0, 0.05) is 0 Å². The van der Waals surface area contributed by atoms with E-state index in [-0.39, 0.29) is 5.41 Å². The zero-order valence-corrected chi connectivity index (χ0v) is 19.9. The van der Waals surface area contributed by atoms with Gasteiger partial charge in [-0.05, 0) is 42.2 Å². The number of hydrogen-bond acceptors (Lipinski definition) is 2. The quantitative estimate of drug-likeness (QED) is 0.227. The molecule has 2 heteroatoms. The lowest BCUT2D eigenvalue weighted by atomic mass is 9.62. The maximum atomic E-state index is 6.57. The van der Waals surface area contributed by atoms with E-state index in [4.69, 9.17) is 11.5 Å². The van der Waals surface area contributed by atoms with Crippen LogP contribution in [-0.2, 0) is 0 Å². The molecule has 0 saturated carbocycles. The first-order valence-corrected chi connectivity index (χ1v) is 12.9. The van der Waals surface area contributed by atoms with Gasteiger partial charge in [-0.15, -0.1) is 0 Å². The monoisotopic (exact) mass is 412 g/mol. The third-order valence-electron chi connectivity index (χ3n) is 7.03. The largest absolute Gasteiger partial charge is 0.313 e. The average molecular weight is 413 g/mol. The molecule has 0 atom stereocenters. The van der Waals surface area contributed by atoms with Crippen LogP contribution in [0.3, 0.4) is 0 Å². The van der Waals surface area contributed by atoms with Crippen LogP contribution in [0.5, 0.6) is 0 Å². The molecule has 0 amide bonds. The molecular weight excluding hydrogens is 364 g/mol. The lowest BCUT2D eigenvalue weighted by molar-refractivity contribution is 0.205. The van der Waals surface area contributed by atoms with Crippen molar-refractivity contribution in [3.05, 3.63) is 42.0 Å². The number of unbranched alkanes of at least 4 members (excludes halogenated alkanes) is 10. The maximum absolute atomic E-state index is 6.57. The number of rotatable bonds is 15. The van der Waals surface area contributed by atoms with E-state index in [1.54, 1.807) is 0 Å². The van der Waals surface area contributed by atoms with Crippen molar-refractivity contribution < 1.29 is 0 Å². The Balaban J connectivity index is 2.12. The second-order valence-corrected chi connectivity index (χ2v) is 9.91. The van der Waals surface area contributed by atoms with Gasteiger partial charge in [-0.1, -0.05) is 127 Å². The Labute approximate surface area is 186 Å². The summed E-state index contributed by atoms with van der Waals surface area (Å²) in [5.74, 6) is 0. The highest BCUT2D eigenvalue weighted by Crippen LogP contribution is 2.51. The Bertz CT molecular complexity index is 586. The molecule has 1 aliphatic carbocycles. The van der Waals surface area contributed by atoms with Crippen molar-refractivity contribution in [2.45, 2.75) is 122 Å². The summed E-state index contributed by atoms with van der Waals surface area (Å²) < 4.78 is 0. The van der Waals surface area contributed by atoms with Gasteiger partial charge in [0.1, 0.15) is 0 Å². The van der Waals surface area contributed by atoms with E-state index in [1.165, 1.54) is 101 Å². The molecule has 4 N–H and O–H groups in total. The molecule has 2 rings (SSSR count). The normalized spacial score (nSPS) is 17.7. The van der Waals surface area contributed by atoms with Crippen molar-refractivity contribution in [2.24, 2.45) is 16.9 Å². The van der Waals surface area contributed by atoms with Crippen LogP contribution >= 0.6 is 0 Å². The molecule has 1 aliphatic rings. The fourth-order valence-electron chi connectivity index (χ4n) is 5.41. The van der Waals surface area contributed by atoms with Gasteiger partial charge in [0.2, 0.25) is 0 Å². The van der Waals surface area contributed by atoms with Crippen LogP contribution in [0.25, 0.3) is 5.57 Å². The minimum absolute atomic E-state index is 0.138. The van der Waals surface area contributed by atoms with E-state index in [0.29, 0.717) is 0 Å². The molecule has 0 fully saturated rings. The Morgan fingerprint density at radius 2 is 1.20 bits per heavy atom. The lowest BCUT2D eigenvalue weighted by Crippen LogP contribution is -2.54. The zero-order valence-electron chi connectivity index (χ0n) is 19.9. The topological polar surface area (TPSA) is 52.0 Å². The molecule has 0 aromatic heterocycles. The van der Waals surface area contributed by atoms with Crippen LogP contribution < -0.4 is 11.5 Å². The minimum Gasteiger partial charge on any atom is -0.313 e. The van der Waals surface area contributed by atoms with Crippen LogP contribution in [0.4, 0.5) is 0 Å². The predicted octanol–water partition coefficient (Wildman–Crippen LogP) is 7.97. The summed E-state index contributed by atoms with van der Waals surface area (Å²) in [6.07, 6.45) is 22.6. The summed E-state index contributed by atoms with van der Waals surface area (Å²) in [5.41, 5.74) is 15.6. The highest BCUT2D eigenvalue weighted by Gasteiger charge is 2.42. The number of hydrogen-bond donors (Lipinski definition) is 2. The second-order valence-electron chi connectivity index (χ2n) is 9.91. The molecule has 0 aliphatic heterocycles. The molecule has 0 bridgehead atoms. The number of benzene rings is 1. The van der Waals surface area contributed by atoms with Gasteiger partial charge in [0.25, 0.3) is 0 Å². The molecule has 0 spiro atoms. The fraction of sp³-hybridized carbons (Fsp3) is 0.714. The summed E-state index contributed by atoms with van der Waals surface area (Å²) >= 11 is 0. The molecule has 2 nitrogen and oxygen atoms in total. The van der Waals surface area contributed by atoms with Gasteiger partial charge in [-0.2, -0.15) is 0 Å². The summed E-state index contributed by atoms with van der Waals surface area (Å²) in [6, 6.07) is 11.0. The van der Waals surface area contributed by atoms with Gasteiger partial charge in [0.05, 0.1) is 5.66 Å². The van der Waals surface area contributed by atoms with Crippen LogP contribution in [0.2, 0.25) is 0 Å². The Morgan fingerprint density at radius 1 is 0.700 bits per heavy atom. The summed E-state index contributed by atoms with van der Waals surface area (Å²) in [6.45, 7) is 4.58. The minimum atomic E-state index is -0.567. The van der Waals surface area contributed by atoms with Crippen LogP contribution in [0.1, 0.15) is 122 Å². The Morgan fingerprint density at radius 3 is 1.73 bits per heavy atom. The predicted molar refractivity (Wildman–Crippen MR) is 133 cm³/mol. The molecule has 30 heavy (non-hydrogen) atoms. The molecule has 0 saturated heterocycles. The zero-order chi connectivity index (χ0) is 21.7. The molecule has 0 unspecified atom stereocenters. The van der Waals surface area contributed by atoms with E-state index in [1.807, 2.05) is 0 Å². The van der Waals surface area contributed by atoms with E-state index >= 15 is 0 Å². The van der Waals surface area contributed by atoms with E-state index < -0.39 is 5.66 Å². The summed E-state index contributed by atoms with van der Waals surface area (Å²) in [5, 5.41) is 0. The van der Waals surface area contributed by atoms with E-state index in [9.17, 15) is 0 Å². The first kappa shape index (κ1) is 25.1. The van der Waals surface area contributed by atoms with Crippen molar-refractivity contribution in [1.82, 2.24) is 0 Å². The fourth-order valence-corrected chi connectivity index (χ4v) is 5.41. The smallest absolute Gasteiger partial charge is 0.0680 e. The molecule has 170 valence electrons. The van der Waals surface area contributed by atoms with Crippen molar-refractivity contribution in [2.75, 3.05) is 0 Å². The average Bonchev–Trinajstić information content (AvgIpc) is 2.73. The van der Waals surface area contributed by atoms with Gasteiger partial charge in [0.15, 0.2) is 0 Å². The van der Waals surface area contributed by atoms with Crippen LogP contribution in [0, 0.1) is 5.41 Å². The lowest BCUT2D eigenvalue weighted by Gasteiger charge is -2.46. The van der Waals surface area contributed by atoms with Gasteiger partial charge in [-0.25, -0.2) is 0 Å². The number of allylic oxidation sites excluding steroid dienone is 1. The Kier molecular flexibility index (Phi) is 11.2. The van der Waals surface area contributed by atoms with Crippen molar-refractivity contribution in [3.8, 4) is 0 Å². The molecule has 0 heterocycles. The van der Waals surface area contributed by atoms with Gasteiger partial charge >= 0.3 is 0 Å². The van der Waals surface area contributed by atoms with E-state index in [2.05, 4.69) is 50.3 Å². The molecule has 0 radical (unpaired) electrons. The number of nitrogens with two attached hydrogens (primary N) is 2. The third-order valence-corrected chi connectivity index (χ3v) is 7.03. The van der Waals surface area contributed by atoms with Crippen molar-refractivity contribution in [1.29, 1.82) is 0 Å². The first-order chi connectivity index (χ1) is 14.5. The summed E-state index contributed by atoms with van der Waals surface area (Å²) in [7, 11) is 0. The highest BCUT2D eigenvalue weighted by molar-refractivity contribution is 5.71. The van der Waals surface area contributed by atoms with Crippen molar-refractivity contribution >= 4 is 5.57 Å². The van der Waals surface area contributed by atoms with Gasteiger partial charge in [-0.3, -0.25) is 0 Å². The van der Waals surface area contributed by atoms with E-state index in [0.717, 1.165) is 12.8 Å². The first-order valence-electron chi connectivity index (χ1n) is 12.9. The van der Waals surface area contributed by atoms with Crippen LogP contribution in [0.15, 0.2) is 36.4 Å². The second kappa shape index (κ2) is 13.3. The molecule has 1 aromatic rings. The maximum Gasteiger partial charge on any atom is 0.0680 e. The highest BCUT2D eigenvalue weighted by atomic mass is 15.0. The third kappa shape index (κ3) is 8.19. The Hall–Kier alpha value is -1.12. The molecule has 1 aromatic carbocycles. The standard InChI is InChI=1S/C28H48N2/c1-3-5-7-9-11-16-21-27(22-17-12-10-8-6-4-2)24-28(29,30)23-20-26(27)25-18-14-13-15-19-25/h13-15,18-20H,3-12,16-17,21-24,29-30H2,1-2H3. The summed E-state index contributed by atoms with van der Waals surface area (Å²) in [4.78, 5) is 0. The molecular formula is C28H48N2. The SMILES string of the molecule is CCCCCCCCC1(CCCCCCCC)CC(N)(N)CC=C1c1ccccc1. The van der Waals surface area contributed by atoms with Gasteiger partial charge < -0.3 is 11.5 Å². The van der Waals surface area contributed by atoms with Crippen LogP contribution in [-0.4, -0.2) is 5.66 Å². The van der Waals surface area contributed by atoms with Crippen molar-refractivity contribution in [3.63, 3.8) is 0 Å².